The van der Waals surface area contributed by atoms with Gasteiger partial charge in [0.05, 0.1) is 0 Å². The molecule has 6 aliphatic rings. The van der Waals surface area contributed by atoms with Crippen LogP contribution in [-0.2, 0) is 32.1 Å². The summed E-state index contributed by atoms with van der Waals surface area (Å²) in [6, 6.07) is 24.5. The number of benzene rings is 3. The van der Waals surface area contributed by atoms with E-state index in [1.165, 1.54) is 78.3 Å². The van der Waals surface area contributed by atoms with E-state index in [0.29, 0.717) is 15.0 Å². The van der Waals surface area contributed by atoms with Gasteiger partial charge in [-0.2, -0.15) is 0 Å². The minimum absolute atomic E-state index is 0. The molecule has 4 fully saturated rings. The first-order chi connectivity index (χ1) is 22.7. The Morgan fingerprint density at radius 3 is 1.64 bits per heavy atom. The van der Waals surface area contributed by atoms with Gasteiger partial charge in [0.15, 0.2) is 0 Å². The first-order valence-corrected chi connectivity index (χ1v) is 23.2. The second-order valence-electron chi connectivity index (χ2n) is 19.2. The van der Waals surface area contributed by atoms with Crippen LogP contribution < -0.4 is 24.8 Å². The molecule has 0 N–H and O–H groups in total. The molecule has 50 heavy (non-hydrogen) atoms. The molecule has 0 spiro atoms. The van der Waals surface area contributed by atoms with Crippen molar-refractivity contribution in [2.24, 2.45) is 29.1 Å². The number of hydrogen-bond donors (Lipinski definition) is 0. The summed E-state index contributed by atoms with van der Waals surface area (Å²) in [6.45, 7) is 21.6. The Morgan fingerprint density at radius 2 is 1.18 bits per heavy atom. The van der Waals surface area contributed by atoms with E-state index in [2.05, 4.69) is 133 Å². The van der Waals surface area contributed by atoms with Crippen LogP contribution in [-0.4, -0.2) is 3.71 Å². The molecule has 264 valence electrons. The van der Waals surface area contributed by atoms with Gasteiger partial charge in [-0.15, -0.1) is 0 Å². The number of allylic oxidation sites excluding steroid dienone is 4. The van der Waals surface area contributed by atoms with Crippen molar-refractivity contribution in [3.8, 4) is 11.1 Å². The molecule has 9 rings (SSSR count). The smallest absolute Gasteiger partial charge is 1.00 e. The average Bonchev–Trinajstić information content (AvgIpc) is 3.47. The fourth-order valence-corrected chi connectivity index (χ4v) is 20.0. The van der Waals surface area contributed by atoms with Crippen molar-refractivity contribution in [1.82, 2.24) is 0 Å². The zero-order valence-corrected chi connectivity index (χ0v) is 36.0. The molecule has 3 heteroatoms. The van der Waals surface area contributed by atoms with Gasteiger partial charge >= 0.3 is 301 Å². The normalized spacial score (nSPS) is 26.8. The Labute approximate surface area is 324 Å². The minimum atomic E-state index is -2.59. The molecule has 4 saturated carbocycles. The number of rotatable bonds is 5. The van der Waals surface area contributed by atoms with Crippen LogP contribution in [0.1, 0.15) is 137 Å². The van der Waals surface area contributed by atoms with Gasteiger partial charge < -0.3 is 24.8 Å². The fraction of sp³-hybridized carbons (Fsp3) is 0.511. The molecule has 0 aromatic heterocycles. The van der Waals surface area contributed by atoms with E-state index < -0.39 is 21.3 Å². The number of hydrogen-bond acceptors (Lipinski definition) is 0. The van der Waals surface area contributed by atoms with Gasteiger partial charge in [0, 0.05) is 0 Å². The maximum atomic E-state index is 2.86. The zero-order chi connectivity index (χ0) is 33.7. The van der Waals surface area contributed by atoms with Crippen LogP contribution in [0.4, 0.5) is 0 Å². The molecule has 0 nitrogen and oxygen atoms in total. The summed E-state index contributed by atoms with van der Waals surface area (Å²) in [5.74, 6) is 3.58. The molecule has 1 unspecified atom stereocenters. The van der Waals surface area contributed by atoms with Crippen molar-refractivity contribution in [1.29, 1.82) is 0 Å². The van der Waals surface area contributed by atoms with Gasteiger partial charge in [-0.05, 0) is 0 Å². The summed E-state index contributed by atoms with van der Waals surface area (Å²) in [5.41, 5.74) is 16.2. The molecule has 0 amide bonds. The van der Waals surface area contributed by atoms with E-state index in [9.17, 15) is 0 Å². The van der Waals surface area contributed by atoms with Gasteiger partial charge in [0.1, 0.15) is 0 Å². The summed E-state index contributed by atoms with van der Waals surface area (Å²) in [5, 5.41) is 0. The Kier molecular flexibility index (Phi) is 10.5. The SMILES string of the molecule is CC1=[C](/[Zr+2](=[CH]\c2ccc(C)cc2)[CH]2c3cc(C(C)(C)C)ccc3-c3ccc(C(C)(C)C)cc32)C(C)C=C1CC12CC3CC(CC(C3)C1)C2.[Cl-].[Cl-]. The Balaban J connectivity index is 0.00000216. The first-order valence-electron chi connectivity index (χ1n) is 19.2. The molecule has 6 aliphatic carbocycles. The Morgan fingerprint density at radius 1 is 0.700 bits per heavy atom. The summed E-state index contributed by atoms with van der Waals surface area (Å²) in [7, 11) is 0. The van der Waals surface area contributed by atoms with E-state index in [0.717, 1.165) is 17.8 Å². The number of halogens is 2. The second-order valence-corrected chi connectivity index (χ2v) is 24.9. The van der Waals surface area contributed by atoms with Gasteiger partial charge in [-0.25, -0.2) is 0 Å². The summed E-state index contributed by atoms with van der Waals surface area (Å²) in [6.07, 6.45) is 13.2. The van der Waals surface area contributed by atoms with E-state index in [4.69, 9.17) is 0 Å². The van der Waals surface area contributed by atoms with Crippen molar-refractivity contribution in [2.45, 2.75) is 122 Å². The number of aryl methyl sites for hydroxylation is 1. The summed E-state index contributed by atoms with van der Waals surface area (Å²) >= 11 is -2.59. The van der Waals surface area contributed by atoms with Crippen LogP contribution in [0, 0.1) is 36.0 Å². The molecular weight excluding hydrogens is 727 g/mol. The molecule has 0 heterocycles. The average molecular weight is 785 g/mol. The third-order valence-electron chi connectivity index (χ3n) is 13.3. The molecular formula is C47H58Cl2Zr. The van der Waals surface area contributed by atoms with Crippen LogP contribution in [0.3, 0.4) is 0 Å². The third kappa shape index (κ3) is 6.85. The predicted molar refractivity (Wildman–Crippen MR) is 203 cm³/mol. The van der Waals surface area contributed by atoms with Gasteiger partial charge in [-0.1, -0.05) is 0 Å². The third-order valence-corrected chi connectivity index (χ3v) is 21.5. The second kappa shape index (κ2) is 13.7. The van der Waals surface area contributed by atoms with E-state index in [-0.39, 0.29) is 35.6 Å². The predicted octanol–water partition coefficient (Wildman–Crippen LogP) is 6.59. The van der Waals surface area contributed by atoms with Crippen molar-refractivity contribution >= 4 is 3.71 Å². The summed E-state index contributed by atoms with van der Waals surface area (Å²) < 4.78 is 5.21. The van der Waals surface area contributed by atoms with Gasteiger partial charge in [0.2, 0.25) is 0 Å². The topological polar surface area (TPSA) is 0 Å². The van der Waals surface area contributed by atoms with E-state index >= 15 is 0 Å². The maximum absolute atomic E-state index is 2.86. The van der Waals surface area contributed by atoms with Crippen molar-refractivity contribution < 1.29 is 46.1 Å². The van der Waals surface area contributed by atoms with Crippen LogP contribution in [0.15, 0.2) is 81.2 Å². The van der Waals surface area contributed by atoms with Gasteiger partial charge in [-0.3, -0.25) is 0 Å². The zero-order valence-electron chi connectivity index (χ0n) is 32.0. The minimum Gasteiger partial charge on any atom is -1.00 e. The fourth-order valence-electron chi connectivity index (χ4n) is 11.3. The first kappa shape index (κ1) is 38.2. The molecule has 0 aliphatic heterocycles. The molecule has 3 aromatic rings. The molecule has 4 bridgehead atoms. The molecule has 1 atom stereocenters. The van der Waals surface area contributed by atoms with E-state index in [1.54, 1.807) is 22.3 Å². The molecule has 3 aromatic carbocycles. The quantitative estimate of drug-likeness (QED) is 0.274. The molecule has 0 radical (unpaired) electrons. The Hall–Kier alpha value is -1.53. The standard InChI is InChI=1S/C21H25.C18H25.C8H8.2ClH.Zr/c1-20(2,3)16-7-9-18-14(12-16)11-15-13-17(21(4,5)6)8-10-19(15)18;1-12-3-13(2)17(4-12)11-18-8-14-5-15(9-18)7-16(6-14)10-18;1-7-3-5-8(2)6-4-7;;;/h7-13H,1-6H3;4,12,14-16H,5-11H2,1-2H3;1,3-6H,2H3;2*1H;/q;;;;;+2/p-2. The van der Waals surface area contributed by atoms with Crippen LogP contribution in [0.2, 0.25) is 0 Å². The van der Waals surface area contributed by atoms with Crippen LogP contribution in [0.5, 0.6) is 0 Å². The van der Waals surface area contributed by atoms with Crippen molar-refractivity contribution in [3.63, 3.8) is 0 Å². The monoisotopic (exact) mass is 782 g/mol. The van der Waals surface area contributed by atoms with Crippen LogP contribution in [0.25, 0.3) is 11.1 Å². The largest absolute Gasteiger partial charge is 1.00 e. The maximum Gasteiger partial charge on any atom is -1.00 e. The Bertz CT molecular complexity index is 1770. The summed E-state index contributed by atoms with van der Waals surface area (Å²) in [4.78, 5) is 0. The molecule has 0 saturated heterocycles. The van der Waals surface area contributed by atoms with E-state index in [1.807, 2.05) is 3.28 Å². The van der Waals surface area contributed by atoms with Crippen LogP contribution >= 0.6 is 0 Å². The van der Waals surface area contributed by atoms with Crippen molar-refractivity contribution in [2.75, 3.05) is 0 Å². The van der Waals surface area contributed by atoms with Crippen molar-refractivity contribution in [3.05, 3.63) is 115 Å². The number of fused-ring (bicyclic) bond motifs is 3. The van der Waals surface area contributed by atoms with Gasteiger partial charge in [0.25, 0.3) is 0 Å².